The largest absolute Gasteiger partial charge is 0.756 e. The van der Waals surface area contributed by atoms with Gasteiger partial charge >= 0.3 is 5.97 Å². The van der Waals surface area contributed by atoms with E-state index in [0.717, 1.165) is 83.5 Å². The van der Waals surface area contributed by atoms with Crippen LogP contribution in [-0.2, 0) is 27.9 Å². The van der Waals surface area contributed by atoms with Gasteiger partial charge in [-0.25, -0.2) is 0 Å². The number of carbonyl (C=O) groups is 2. The lowest BCUT2D eigenvalue weighted by Crippen LogP contribution is -2.47. The molecule has 0 spiro atoms. The van der Waals surface area contributed by atoms with E-state index in [2.05, 4.69) is 74.7 Å². The van der Waals surface area contributed by atoms with Crippen molar-refractivity contribution in [2.45, 2.75) is 328 Å². The standard InChI is InChI=1S/C69H129N2O7P/c1-7-10-13-16-19-22-25-27-29-31-33-34-35-36-38-39-41-43-46-49-52-55-58-61-68(72)70-66(65-77-79(74,75)76-64-63-71(4,5)6)67(60-57-54-51-48-45-24-21-18-15-12-9-3)78-69(73)62-59-56-53-50-47-44-42-40-37-32-30-28-26-23-20-17-14-11-8-2/h20,23,27-30,37,40,57,60,66-67H,7-19,21-22,24-26,31-36,38-39,41-56,58-59,61-65H2,1-6H3,(H-,70,72,74,75)/b23-20-,29-27+,30-28-,40-37-,60-57-. The third-order valence-electron chi connectivity index (χ3n) is 14.9. The van der Waals surface area contributed by atoms with E-state index in [-0.39, 0.29) is 24.9 Å². The van der Waals surface area contributed by atoms with Crippen LogP contribution in [0, 0.1) is 0 Å². The summed E-state index contributed by atoms with van der Waals surface area (Å²) in [4.78, 5) is 40.1. The molecule has 1 N–H and O–H groups in total. The van der Waals surface area contributed by atoms with Gasteiger partial charge in [-0.2, -0.15) is 0 Å². The van der Waals surface area contributed by atoms with E-state index >= 15 is 0 Å². The van der Waals surface area contributed by atoms with Crippen molar-refractivity contribution in [3.8, 4) is 0 Å². The zero-order valence-electron chi connectivity index (χ0n) is 52.8. The quantitative estimate of drug-likeness (QED) is 0.0212. The molecule has 1 amide bonds. The zero-order chi connectivity index (χ0) is 57.9. The molecule has 0 aliphatic carbocycles. The Morgan fingerprint density at radius 1 is 0.443 bits per heavy atom. The van der Waals surface area contributed by atoms with E-state index in [1.165, 1.54) is 199 Å². The Labute approximate surface area is 490 Å². The van der Waals surface area contributed by atoms with Gasteiger partial charge in [0.2, 0.25) is 5.91 Å². The maximum Gasteiger partial charge on any atom is 0.306 e. The first-order chi connectivity index (χ1) is 38.4. The van der Waals surface area contributed by atoms with Gasteiger partial charge in [-0.1, -0.05) is 268 Å². The number of nitrogens with one attached hydrogen (secondary N) is 1. The van der Waals surface area contributed by atoms with Gasteiger partial charge in [0, 0.05) is 12.8 Å². The van der Waals surface area contributed by atoms with Gasteiger partial charge in [0.1, 0.15) is 19.3 Å². The molecule has 0 saturated heterocycles. The average Bonchev–Trinajstić information content (AvgIpc) is 3.41. The first kappa shape index (κ1) is 76.7. The van der Waals surface area contributed by atoms with Gasteiger partial charge in [0.05, 0.1) is 33.8 Å². The van der Waals surface area contributed by atoms with Crippen LogP contribution in [0.4, 0.5) is 0 Å². The number of carbonyl (C=O) groups excluding carboxylic acids is 2. The van der Waals surface area contributed by atoms with E-state index in [9.17, 15) is 19.0 Å². The lowest BCUT2D eigenvalue weighted by Gasteiger charge is -2.30. The van der Waals surface area contributed by atoms with Gasteiger partial charge in [0.25, 0.3) is 7.82 Å². The number of rotatable bonds is 61. The molecule has 0 heterocycles. The fraction of sp³-hybridized carbons (Fsp3) is 0.826. The Balaban J connectivity index is 5.11. The van der Waals surface area contributed by atoms with E-state index in [4.69, 9.17) is 13.8 Å². The number of quaternary nitrogens is 1. The van der Waals surface area contributed by atoms with Crippen LogP contribution in [0.15, 0.2) is 60.8 Å². The van der Waals surface area contributed by atoms with Crippen molar-refractivity contribution < 1.29 is 37.3 Å². The second-order valence-electron chi connectivity index (χ2n) is 24.0. The first-order valence-electron chi connectivity index (χ1n) is 33.6. The lowest BCUT2D eigenvalue weighted by molar-refractivity contribution is -0.870. The molecule has 79 heavy (non-hydrogen) atoms. The molecular formula is C69H129N2O7P. The zero-order valence-corrected chi connectivity index (χ0v) is 53.7. The van der Waals surface area contributed by atoms with Crippen LogP contribution in [0.1, 0.15) is 316 Å². The SMILES string of the molecule is CCCCC/C=C\C/C=C\C/C=C\CCCCCCCCC(=O)OC(/C=C\CCCCCCCCCCC)C(COP(=O)([O-])OCC[N+](C)(C)C)NC(=O)CCCCCCCCCCCCCCC/C=C/CCCCCCCC. The monoisotopic (exact) mass is 1130 g/mol. The second-order valence-corrected chi connectivity index (χ2v) is 25.4. The average molecular weight is 1130 g/mol. The summed E-state index contributed by atoms with van der Waals surface area (Å²) in [5.74, 6) is -0.547. The Bertz CT molecular complexity index is 1540. The molecule has 0 saturated carbocycles. The number of hydrogen-bond acceptors (Lipinski definition) is 7. The minimum Gasteiger partial charge on any atom is -0.756 e. The molecule has 0 fully saturated rings. The summed E-state index contributed by atoms with van der Waals surface area (Å²) in [6.07, 6.45) is 74.8. The van der Waals surface area contributed by atoms with Crippen LogP contribution in [-0.4, -0.2) is 69.4 Å². The summed E-state index contributed by atoms with van der Waals surface area (Å²) in [5, 5.41) is 3.03. The fourth-order valence-electron chi connectivity index (χ4n) is 9.70. The highest BCUT2D eigenvalue weighted by Gasteiger charge is 2.27. The number of nitrogens with zero attached hydrogens (tertiary/aromatic N) is 1. The molecule has 9 nitrogen and oxygen atoms in total. The molecule has 0 aliphatic rings. The van der Waals surface area contributed by atoms with Crippen molar-refractivity contribution in [2.75, 3.05) is 40.9 Å². The normalized spacial score (nSPS) is 14.0. The van der Waals surface area contributed by atoms with Gasteiger partial charge in [0.15, 0.2) is 0 Å². The molecule has 0 rings (SSSR count). The Kier molecular flexibility index (Phi) is 57.2. The van der Waals surface area contributed by atoms with Crippen molar-refractivity contribution in [1.29, 1.82) is 0 Å². The molecule has 0 aromatic carbocycles. The van der Waals surface area contributed by atoms with Crippen molar-refractivity contribution >= 4 is 19.7 Å². The minimum absolute atomic E-state index is 0.0250. The number of hydrogen-bond donors (Lipinski definition) is 1. The van der Waals surface area contributed by atoms with E-state index in [0.29, 0.717) is 17.4 Å². The third kappa shape index (κ3) is 60.1. The number of amides is 1. The van der Waals surface area contributed by atoms with Crippen LogP contribution >= 0.6 is 7.82 Å². The number of esters is 1. The number of phosphoric ester groups is 1. The van der Waals surface area contributed by atoms with Gasteiger partial charge in [-0.3, -0.25) is 14.2 Å². The maximum absolute atomic E-state index is 13.6. The Morgan fingerprint density at radius 3 is 1.19 bits per heavy atom. The van der Waals surface area contributed by atoms with E-state index in [1.54, 1.807) is 0 Å². The summed E-state index contributed by atoms with van der Waals surface area (Å²) < 4.78 is 30.4. The van der Waals surface area contributed by atoms with Crippen LogP contribution in [0.2, 0.25) is 0 Å². The summed E-state index contributed by atoms with van der Waals surface area (Å²) >= 11 is 0. The van der Waals surface area contributed by atoms with Crippen molar-refractivity contribution in [3.63, 3.8) is 0 Å². The van der Waals surface area contributed by atoms with Gasteiger partial charge in [-0.15, -0.1) is 0 Å². The van der Waals surface area contributed by atoms with E-state index < -0.39 is 26.6 Å². The molecule has 0 aromatic heterocycles. The molecule has 0 radical (unpaired) electrons. The molecule has 3 atom stereocenters. The molecule has 462 valence electrons. The second kappa shape index (κ2) is 58.9. The highest BCUT2D eigenvalue weighted by atomic mass is 31.2. The number of ether oxygens (including phenoxy) is 1. The highest BCUT2D eigenvalue weighted by Crippen LogP contribution is 2.38. The summed E-state index contributed by atoms with van der Waals surface area (Å²) in [7, 11) is 1.18. The Morgan fingerprint density at radius 2 is 0.772 bits per heavy atom. The van der Waals surface area contributed by atoms with Crippen LogP contribution in [0.25, 0.3) is 0 Å². The molecular weight excluding hydrogens is 1000 g/mol. The van der Waals surface area contributed by atoms with Crippen LogP contribution in [0.5, 0.6) is 0 Å². The number of unbranched alkanes of at least 4 members (excludes halogenated alkanes) is 37. The predicted octanol–water partition coefficient (Wildman–Crippen LogP) is 20.4. The third-order valence-corrected chi connectivity index (χ3v) is 15.9. The highest BCUT2D eigenvalue weighted by molar-refractivity contribution is 7.45. The van der Waals surface area contributed by atoms with Gasteiger partial charge in [-0.05, 0) is 96.0 Å². The summed E-state index contributed by atoms with van der Waals surface area (Å²) in [5.41, 5.74) is 0. The number of likely N-dealkylation sites (N-methyl/N-ethyl adjacent to an activating group) is 1. The van der Waals surface area contributed by atoms with Crippen molar-refractivity contribution in [1.82, 2.24) is 5.32 Å². The number of phosphoric acid groups is 1. The lowest BCUT2D eigenvalue weighted by atomic mass is 10.0. The minimum atomic E-state index is -4.70. The van der Waals surface area contributed by atoms with Gasteiger partial charge < -0.3 is 28.5 Å². The Hall–Kier alpha value is -2.29. The van der Waals surface area contributed by atoms with Crippen molar-refractivity contribution in [2.24, 2.45) is 0 Å². The molecule has 0 aromatic rings. The topological polar surface area (TPSA) is 114 Å². The number of allylic oxidation sites excluding steroid dienone is 9. The smallest absolute Gasteiger partial charge is 0.306 e. The van der Waals surface area contributed by atoms with Crippen LogP contribution in [0.3, 0.4) is 0 Å². The van der Waals surface area contributed by atoms with Crippen molar-refractivity contribution in [3.05, 3.63) is 60.8 Å². The molecule has 0 aliphatic heterocycles. The van der Waals surface area contributed by atoms with E-state index in [1.807, 2.05) is 33.3 Å². The fourth-order valence-corrected chi connectivity index (χ4v) is 10.4. The van der Waals surface area contributed by atoms with Crippen LogP contribution < -0.4 is 10.2 Å². The predicted molar refractivity (Wildman–Crippen MR) is 339 cm³/mol. The maximum atomic E-state index is 13.6. The summed E-state index contributed by atoms with van der Waals surface area (Å²) in [6, 6.07) is -0.894. The first-order valence-corrected chi connectivity index (χ1v) is 35.1. The molecule has 3 unspecified atom stereocenters. The molecule has 10 heteroatoms. The molecule has 0 bridgehead atoms. The summed E-state index contributed by atoms with van der Waals surface area (Å²) in [6.45, 7) is 6.83.